The molecule has 0 unspecified atom stereocenters. The van der Waals surface area contributed by atoms with Gasteiger partial charge >= 0.3 is 0 Å². The number of rotatable bonds is 0. The summed E-state index contributed by atoms with van der Waals surface area (Å²) in [5, 5.41) is 5.06. The Hall–Kier alpha value is -1.82. The maximum Gasteiger partial charge on any atom is -0.00266 e. The molecule has 0 amide bonds. The lowest BCUT2D eigenvalue weighted by atomic mass is 10.0. The molecule has 0 aliphatic rings. The molecule has 0 aromatic heterocycles. The topological polar surface area (TPSA) is 0 Å². The van der Waals surface area contributed by atoms with Crippen LogP contribution in [0.4, 0.5) is 0 Å². The Labute approximate surface area is 89.2 Å². The van der Waals surface area contributed by atoms with Gasteiger partial charge < -0.3 is 0 Å². The minimum absolute atomic E-state index is 1.22. The highest BCUT2D eigenvalue weighted by Gasteiger charge is 1.99. The zero-order chi connectivity index (χ0) is 10.3. The first-order valence-corrected chi connectivity index (χ1v) is 5.14. The molecule has 0 fully saturated rings. The van der Waals surface area contributed by atoms with E-state index in [0.29, 0.717) is 0 Å². The second-order valence-corrected chi connectivity index (χ2v) is 3.92. The van der Waals surface area contributed by atoms with Crippen molar-refractivity contribution >= 4 is 21.5 Å². The smallest absolute Gasteiger partial charge is 0.00266 e. The van der Waals surface area contributed by atoms with E-state index in [4.69, 9.17) is 0 Å². The zero-order valence-corrected chi connectivity index (χ0v) is 8.62. The van der Waals surface area contributed by atoms with Crippen molar-refractivity contribution in [1.82, 2.24) is 0 Å². The first-order chi connectivity index (χ1) is 7.34. The summed E-state index contributed by atoms with van der Waals surface area (Å²) in [6.45, 7) is 2.12. The van der Waals surface area contributed by atoms with Crippen LogP contribution in [0.2, 0.25) is 0 Å². The van der Waals surface area contributed by atoms with Crippen LogP contribution < -0.4 is 0 Å². The van der Waals surface area contributed by atoms with E-state index in [1.165, 1.54) is 27.1 Å². The number of aryl methyl sites for hydroxylation is 1. The second-order valence-electron chi connectivity index (χ2n) is 3.92. The largest absolute Gasteiger partial charge is 0.0610 e. The molecule has 1 radical (unpaired) electrons. The van der Waals surface area contributed by atoms with Crippen LogP contribution in [0, 0.1) is 13.0 Å². The number of hydrogen-bond donors (Lipinski definition) is 0. The van der Waals surface area contributed by atoms with Gasteiger partial charge in [-0.2, -0.15) is 0 Å². The van der Waals surface area contributed by atoms with Crippen molar-refractivity contribution in [2.45, 2.75) is 6.92 Å². The molecular weight excluding hydrogens is 180 g/mol. The summed E-state index contributed by atoms with van der Waals surface area (Å²) >= 11 is 0. The summed E-state index contributed by atoms with van der Waals surface area (Å²) in [5.41, 5.74) is 1.30. The maximum absolute atomic E-state index is 3.31. The van der Waals surface area contributed by atoms with Gasteiger partial charge in [0.2, 0.25) is 0 Å². The van der Waals surface area contributed by atoms with Gasteiger partial charge in [-0.05, 0) is 34.5 Å². The Morgan fingerprint density at radius 3 is 2.73 bits per heavy atom. The highest BCUT2D eigenvalue weighted by molar-refractivity contribution is 6.07. The molecule has 3 aromatic rings. The molecule has 3 rings (SSSR count). The van der Waals surface area contributed by atoms with Crippen LogP contribution in [0.1, 0.15) is 5.56 Å². The van der Waals surface area contributed by atoms with Gasteiger partial charge in [0.25, 0.3) is 0 Å². The molecule has 0 spiro atoms. The zero-order valence-electron chi connectivity index (χ0n) is 8.62. The predicted octanol–water partition coefficient (Wildman–Crippen LogP) is 4.10. The van der Waals surface area contributed by atoms with Gasteiger partial charge in [-0.3, -0.25) is 0 Å². The molecule has 3 aromatic carbocycles. The average Bonchev–Trinajstić information content (AvgIpc) is 2.28. The molecule has 0 atom stereocenters. The third kappa shape index (κ3) is 1.30. The van der Waals surface area contributed by atoms with Gasteiger partial charge in [0.15, 0.2) is 0 Å². The quantitative estimate of drug-likeness (QED) is 0.469. The summed E-state index contributed by atoms with van der Waals surface area (Å²) in [4.78, 5) is 0. The summed E-state index contributed by atoms with van der Waals surface area (Å²) in [7, 11) is 0. The molecule has 15 heavy (non-hydrogen) atoms. The normalized spacial score (nSPS) is 11.0. The average molecular weight is 191 g/mol. The molecule has 0 heteroatoms. The fraction of sp³-hybridized carbons (Fsp3) is 0.0667. The van der Waals surface area contributed by atoms with E-state index in [1.807, 2.05) is 12.1 Å². The maximum atomic E-state index is 3.31. The third-order valence-corrected chi connectivity index (χ3v) is 2.81. The summed E-state index contributed by atoms with van der Waals surface area (Å²) in [6, 6.07) is 20.3. The van der Waals surface area contributed by atoms with Crippen molar-refractivity contribution in [3.63, 3.8) is 0 Å². The minimum atomic E-state index is 1.22. The van der Waals surface area contributed by atoms with Crippen LogP contribution in [0.3, 0.4) is 0 Å². The fourth-order valence-corrected chi connectivity index (χ4v) is 2.05. The fourth-order valence-electron chi connectivity index (χ4n) is 2.05. The van der Waals surface area contributed by atoms with E-state index in [-0.39, 0.29) is 0 Å². The minimum Gasteiger partial charge on any atom is -0.0610 e. The first kappa shape index (κ1) is 8.49. The van der Waals surface area contributed by atoms with Crippen LogP contribution in [-0.4, -0.2) is 0 Å². The summed E-state index contributed by atoms with van der Waals surface area (Å²) < 4.78 is 0. The van der Waals surface area contributed by atoms with E-state index in [9.17, 15) is 0 Å². The van der Waals surface area contributed by atoms with Gasteiger partial charge in [0.05, 0.1) is 0 Å². The van der Waals surface area contributed by atoms with Crippen molar-refractivity contribution in [3.05, 3.63) is 60.2 Å². The van der Waals surface area contributed by atoms with E-state index < -0.39 is 0 Å². The van der Waals surface area contributed by atoms with Gasteiger partial charge in [0, 0.05) is 0 Å². The standard InChI is InChI=1S/C15H11/c1-11-6-9-15-13(10-11)8-7-12-4-2-3-5-14(12)15/h2-4,6-10H,1H3. The van der Waals surface area contributed by atoms with Gasteiger partial charge in [-0.1, -0.05) is 54.1 Å². The van der Waals surface area contributed by atoms with E-state index in [0.717, 1.165) is 0 Å². The van der Waals surface area contributed by atoms with Crippen molar-refractivity contribution in [2.75, 3.05) is 0 Å². The molecule has 0 bridgehead atoms. The SMILES string of the molecule is Cc1ccc2c(ccc3ccc[c]c32)c1. The summed E-state index contributed by atoms with van der Waals surface area (Å²) in [6.07, 6.45) is 0. The lowest BCUT2D eigenvalue weighted by Gasteiger charge is -2.03. The number of benzene rings is 3. The van der Waals surface area contributed by atoms with E-state index in [1.54, 1.807) is 0 Å². The van der Waals surface area contributed by atoms with Crippen LogP contribution >= 0.6 is 0 Å². The Bertz CT molecular complexity index is 636. The molecule has 71 valence electrons. The van der Waals surface area contributed by atoms with Crippen molar-refractivity contribution in [3.8, 4) is 0 Å². The van der Waals surface area contributed by atoms with Crippen molar-refractivity contribution in [2.24, 2.45) is 0 Å². The molecule has 0 aliphatic carbocycles. The Balaban J connectivity index is 2.55. The lowest BCUT2D eigenvalue weighted by Crippen LogP contribution is -1.78. The van der Waals surface area contributed by atoms with Crippen LogP contribution in [0.5, 0.6) is 0 Å². The Kier molecular flexibility index (Phi) is 1.75. The van der Waals surface area contributed by atoms with Gasteiger partial charge in [-0.15, -0.1) is 0 Å². The molecule has 0 N–H and O–H groups in total. The Morgan fingerprint density at radius 2 is 1.80 bits per heavy atom. The molecule has 0 heterocycles. The van der Waals surface area contributed by atoms with Gasteiger partial charge in [-0.25, -0.2) is 0 Å². The molecule has 0 nitrogen and oxygen atoms in total. The highest BCUT2D eigenvalue weighted by Crippen LogP contribution is 2.25. The van der Waals surface area contributed by atoms with Gasteiger partial charge in [0.1, 0.15) is 0 Å². The monoisotopic (exact) mass is 191 g/mol. The highest BCUT2D eigenvalue weighted by atomic mass is 14.0. The third-order valence-electron chi connectivity index (χ3n) is 2.81. The first-order valence-electron chi connectivity index (χ1n) is 5.14. The van der Waals surface area contributed by atoms with E-state index >= 15 is 0 Å². The predicted molar refractivity (Wildman–Crippen MR) is 65.0 cm³/mol. The van der Waals surface area contributed by atoms with Crippen LogP contribution in [0.15, 0.2) is 48.5 Å². The molecule has 0 saturated heterocycles. The summed E-state index contributed by atoms with van der Waals surface area (Å²) in [5.74, 6) is 0. The number of hydrogen-bond acceptors (Lipinski definition) is 0. The molecule has 0 aliphatic heterocycles. The number of fused-ring (bicyclic) bond motifs is 3. The Morgan fingerprint density at radius 1 is 0.933 bits per heavy atom. The van der Waals surface area contributed by atoms with Crippen molar-refractivity contribution in [1.29, 1.82) is 0 Å². The van der Waals surface area contributed by atoms with Crippen LogP contribution in [-0.2, 0) is 0 Å². The lowest BCUT2D eigenvalue weighted by molar-refractivity contribution is 1.51. The van der Waals surface area contributed by atoms with Crippen molar-refractivity contribution < 1.29 is 0 Å². The second kappa shape index (κ2) is 3.09. The van der Waals surface area contributed by atoms with E-state index in [2.05, 4.69) is 49.4 Å². The van der Waals surface area contributed by atoms with Crippen LogP contribution in [0.25, 0.3) is 21.5 Å². The molecular formula is C15H11. The molecule has 0 saturated carbocycles.